The molecule has 0 spiro atoms. The summed E-state index contributed by atoms with van der Waals surface area (Å²) >= 11 is 0. The molecule has 0 bridgehead atoms. The first-order chi connectivity index (χ1) is 12.2. The summed E-state index contributed by atoms with van der Waals surface area (Å²) in [5.41, 5.74) is 9.02. The lowest BCUT2D eigenvalue weighted by Gasteiger charge is -2.10. The topological polar surface area (TPSA) is 0 Å². The summed E-state index contributed by atoms with van der Waals surface area (Å²) in [6.07, 6.45) is 6.79. The fraction of sp³-hybridized carbons (Fsp3) is 0.200. The van der Waals surface area contributed by atoms with Crippen LogP contribution in [-0.2, 0) is 0 Å². The standard InChI is InChI=1S/C25H26/c1-4-5-6-7-21-10-14-23(15-11-21)25-17-16-24(18-20(25)3)22-12-8-19(2)9-13-22/h6-18H,4-5H2,1-3H3/b7-6+. The van der Waals surface area contributed by atoms with Gasteiger partial charge in [-0.15, -0.1) is 0 Å². The molecule has 25 heavy (non-hydrogen) atoms. The van der Waals surface area contributed by atoms with Gasteiger partial charge in [-0.25, -0.2) is 0 Å². The van der Waals surface area contributed by atoms with Crippen molar-refractivity contribution in [2.24, 2.45) is 0 Å². The van der Waals surface area contributed by atoms with Gasteiger partial charge in [-0.3, -0.25) is 0 Å². The van der Waals surface area contributed by atoms with Gasteiger partial charge in [-0.05, 0) is 53.6 Å². The van der Waals surface area contributed by atoms with Gasteiger partial charge < -0.3 is 0 Å². The predicted molar refractivity (Wildman–Crippen MR) is 111 cm³/mol. The Morgan fingerprint density at radius 3 is 2.00 bits per heavy atom. The zero-order valence-electron chi connectivity index (χ0n) is 15.4. The molecule has 0 nitrogen and oxygen atoms in total. The molecule has 0 radical (unpaired) electrons. The Morgan fingerprint density at radius 1 is 0.720 bits per heavy atom. The van der Waals surface area contributed by atoms with Crippen molar-refractivity contribution < 1.29 is 0 Å². The molecule has 0 aliphatic carbocycles. The molecule has 0 fully saturated rings. The first-order valence-corrected chi connectivity index (χ1v) is 9.12. The molecular weight excluding hydrogens is 300 g/mol. The summed E-state index contributed by atoms with van der Waals surface area (Å²) in [7, 11) is 0. The van der Waals surface area contributed by atoms with Crippen LogP contribution in [0.4, 0.5) is 0 Å². The van der Waals surface area contributed by atoms with Crippen LogP contribution in [0.3, 0.4) is 0 Å². The molecule has 0 heterocycles. The minimum absolute atomic E-state index is 1.14. The van der Waals surface area contributed by atoms with Gasteiger partial charge in [0, 0.05) is 0 Å². The van der Waals surface area contributed by atoms with Gasteiger partial charge >= 0.3 is 0 Å². The number of hydrogen-bond acceptors (Lipinski definition) is 0. The van der Waals surface area contributed by atoms with Crippen LogP contribution in [0, 0.1) is 13.8 Å². The van der Waals surface area contributed by atoms with E-state index in [2.05, 4.69) is 99.7 Å². The van der Waals surface area contributed by atoms with Crippen molar-refractivity contribution >= 4 is 6.08 Å². The van der Waals surface area contributed by atoms with E-state index in [1.807, 2.05) is 0 Å². The zero-order valence-corrected chi connectivity index (χ0v) is 15.4. The van der Waals surface area contributed by atoms with Crippen molar-refractivity contribution in [3.63, 3.8) is 0 Å². The van der Waals surface area contributed by atoms with Crippen LogP contribution >= 0.6 is 0 Å². The van der Waals surface area contributed by atoms with E-state index >= 15 is 0 Å². The SMILES string of the molecule is CCC/C=C/c1ccc(-c2ccc(-c3ccc(C)cc3)cc2C)cc1. The maximum atomic E-state index is 2.29. The van der Waals surface area contributed by atoms with E-state index in [-0.39, 0.29) is 0 Å². The van der Waals surface area contributed by atoms with E-state index in [1.165, 1.54) is 45.4 Å². The van der Waals surface area contributed by atoms with E-state index < -0.39 is 0 Å². The minimum Gasteiger partial charge on any atom is -0.0840 e. The second-order valence-corrected chi connectivity index (χ2v) is 6.71. The second kappa shape index (κ2) is 7.98. The lowest BCUT2D eigenvalue weighted by Crippen LogP contribution is -1.86. The summed E-state index contributed by atoms with van der Waals surface area (Å²) in [4.78, 5) is 0. The molecule has 0 aliphatic heterocycles. The Balaban J connectivity index is 1.84. The highest BCUT2D eigenvalue weighted by Crippen LogP contribution is 2.29. The molecule has 3 rings (SSSR count). The Labute approximate surface area is 151 Å². The molecule has 0 saturated carbocycles. The van der Waals surface area contributed by atoms with Crippen molar-refractivity contribution in [2.75, 3.05) is 0 Å². The van der Waals surface area contributed by atoms with Gasteiger partial charge in [0.25, 0.3) is 0 Å². The van der Waals surface area contributed by atoms with Gasteiger partial charge in [0.2, 0.25) is 0 Å². The van der Waals surface area contributed by atoms with Gasteiger partial charge in [-0.2, -0.15) is 0 Å². The quantitative estimate of drug-likeness (QED) is 0.456. The van der Waals surface area contributed by atoms with Crippen molar-refractivity contribution in [1.29, 1.82) is 0 Å². The van der Waals surface area contributed by atoms with Crippen LogP contribution in [0.1, 0.15) is 36.5 Å². The summed E-state index contributed by atoms with van der Waals surface area (Å²) in [6, 6.07) is 24.3. The Bertz CT molecular complexity index is 850. The van der Waals surface area contributed by atoms with Crippen LogP contribution in [0.15, 0.2) is 72.8 Å². The summed E-state index contributed by atoms with van der Waals surface area (Å²) in [6.45, 7) is 6.53. The van der Waals surface area contributed by atoms with Gasteiger partial charge in [0.1, 0.15) is 0 Å². The number of rotatable bonds is 5. The molecule has 0 heteroatoms. The van der Waals surface area contributed by atoms with Crippen LogP contribution < -0.4 is 0 Å². The monoisotopic (exact) mass is 326 g/mol. The molecule has 0 saturated heterocycles. The molecule has 0 aromatic heterocycles. The van der Waals surface area contributed by atoms with Crippen molar-refractivity contribution in [1.82, 2.24) is 0 Å². The lowest BCUT2D eigenvalue weighted by atomic mass is 9.95. The molecule has 3 aromatic carbocycles. The van der Waals surface area contributed by atoms with Crippen LogP contribution in [0.25, 0.3) is 28.3 Å². The normalized spacial score (nSPS) is 11.2. The summed E-state index contributed by atoms with van der Waals surface area (Å²) in [5, 5.41) is 0. The van der Waals surface area contributed by atoms with E-state index in [0.29, 0.717) is 0 Å². The Morgan fingerprint density at radius 2 is 1.36 bits per heavy atom. The molecular formula is C25H26. The highest BCUT2D eigenvalue weighted by Gasteiger charge is 2.05. The molecule has 0 atom stereocenters. The van der Waals surface area contributed by atoms with Crippen LogP contribution in [0.2, 0.25) is 0 Å². The van der Waals surface area contributed by atoms with Crippen molar-refractivity contribution in [3.8, 4) is 22.3 Å². The average Bonchev–Trinajstić information content (AvgIpc) is 2.63. The van der Waals surface area contributed by atoms with Crippen molar-refractivity contribution in [3.05, 3.63) is 89.5 Å². The van der Waals surface area contributed by atoms with E-state index in [9.17, 15) is 0 Å². The highest BCUT2D eigenvalue weighted by atomic mass is 14.1. The molecule has 0 unspecified atom stereocenters. The zero-order chi connectivity index (χ0) is 17.6. The maximum Gasteiger partial charge on any atom is -0.0154 e. The first-order valence-electron chi connectivity index (χ1n) is 9.12. The third-order valence-corrected chi connectivity index (χ3v) is 4.60. The van der Waals surface area contributed by atoms with Crippen LogP contribution in [-0.4, -0.2) is 0 Å². The van der Waals surface area contributed by atoms with E-state index in [0.717, 1.165) is 6.42 Å². The first kappa shape index (κ1) is 17.2. The number of benzene rings is 3. The molecule has 0 aliphatic rings. The van der Waals surface area contributed by atoms with Crippen molar-refractivity contribution in [2.45, 2.75) is 33.6 Å². The third-order valence-electron chi connectivity index (χ3n) is 4.60. The minimum atomic E-state index is 1.14. The molecule has 0 N–H and O–H groups in total. The largest absolute Gasteiger partial charge is 0.0840 e. The lowest BCUT2D eigenvalue weighted by molar-refractivity contribution is 0.962. The van der Waals surface area contributed by atoms with Gasteiger partial charge in [0.05, 0.1) is 0 Å². The Kier molecular flexibility index (Phi) is 5.50. The number of unbranched alkanes of at least 4 members (excludes halogenated alkanes) is 1. The maximum absolute atomic E-state index is 2.29. The second-order valence-electron chi connectivity index (χ2n) is 6.71. The van der Waals surface area contributed by atoms with Gasteiger partial charge in [-0.1, -0.05) is 97.8 Å². The number of allylic oxidation sites excluding steroid dienone is 1. The fourth-order valence-electron chi connectivity index (χ4n) is 3.07. The number of hydrogen-bond donors (Lipinski definition) is 0. The highest BCUT2D eigenvalue weighted by molar-refractivity contribution is 5.74. The summed E-state index contributed by atoms with van der Waals surface area (Å²) < 4.78 is 0. The Hall–Kier alpha value is -2.60. The smallest absolute Gasteiger partial charge is 0.0154 e. The van der Waals surface area contributed by atoms with Crippen LogP contribution in [0.5, 0.6) is 0 Å². The molecule has 0 amide bonds. The van der Waals surface area contributed by atoms with E-state index in [4.69, 9.17) is 0 Å². The average molecular weight is 326 g/mol. The predicted octanol–water partition coefficient (Wildman–Crippen LogP) is 7.45. The fourth-order valence-corrected chi connectivity index (χ4v) is 3.07. The third kappa shape index (κ3) is 4.28. The number of aryl methyl sites for hydroxylation is 2. The molecule has 3 aromatic rings. The molecule has 126 valence electrons. The van der Waals surface area contributed by atoms with E-state index in [1.54, 1.807) is 0 Å². The van der Waals surface area contributed by atoms with Gasteiger partial charge in [0.15, 0.2) is 0 Å². The summed E-state index contributed by atoms with van der Waals surface area (Å²) in [5.74, 6) is 0.